The molecule has 0 aliphatic heterocycles. The molecule has 0 unspecified atom stereocenters. The number of aryl methyl sites for hydroxylation is 2. The Labute approximate surface area is 101 Å². The molecule has 0 aliphatic carbocycles. The molecular formula is C10H10N4O2S. The minimum atomic E-state index is -1.03. The van der Waals surface area contributed by atoms with Gasteiger partial charge in [-0.05, 0) is 13.8 Å². The highest BCUT2D eigenvalue weighted by molar-refractivity contribution is 7.13. The van der Waals surface area contributed by atoms with Gasteiger partial charge in [0.05, 0.1) is 17.0 Å². The summed E-state index contributed by atoms with van der Waals surface area (Å²) in [7, 11) is 0. The maximum atomic E-state index is 10.8. The predicted molar refractivity (Wildman–Crippen MR) is 63.9 cm³/mol. The molecule has 0 bridgehead atoms. The smallest absolute Gasteiger partial charge is 0.339 e. The van der Waals surface area contributed by atoms with Crippen LogP contribution in [0, 0.1) is 13.8 Å². The van der Waals surface area contributed by atoms with Crippen molar-refractivity contribution in [2.45, 2.75) is 13.8 Å². The number of carbonyl (C=O) groups is 1. The molecule has 0 amide bonds. The highest BCUT2D eigenvalue weighted by Gasteiger charge is 2.10. The summed E-state index contributed by atoms with van der Waals surface area (Å²) in [5.74, 6) is -0.680. The Morgan fingerprint density at radius 1 is 1.41 bits per heavy atom. The fraction of sp³-hybridized carbons (Fsp3) is 0.200. The van der Waals surface area contributed by atoms with Crippen molar-refractivity contribution in [1.82, 2.24) is 15.0 Å². The fourth-order valence-electron chi connectivity index (χ4n) is 1.24. The summed E-state index contributed by atoms with van der Waals surface area (Å²) in [5, 5.41) is 14.4. The predicted octanol–water partition coefficient (Wildman–Crippen LogP) is 1.99. The minimum Gasteiger partial charge on any atom is -0.478 e. The van der Waals surface area contributed by atoms with E-state index in [0.717, 1.165) is 5.69 Å². The van der Waals surface area contributed by atoms with Gasteiger partial charge in [-0.3, -0.25) is 0 Å². The van der Waals surface area contributed by atoms with E-state index in [1.54, 1.807) is 6.92 Å². The number of thiazole rings is 1. The van der Waals surface area contributed by atoms with Gasteiger partial charge in [0.25, 0.3) is 0 Å². The summed E-state index contributed by atoms with van der Waals surface area (Å²) in [6, 6.07) is 0. The van der Waals surface area contributed by atoms with Crippen LogP contribution in [0.15, 0.2) is 11.6 Å². The van der Waals surface area contributed by atoms with E-state index < -0.39 is 5.97 Å². The van der Waals surface area contributed by atoms with E-state index in [1.807, 2.05) is 12.3 Å². The number of nitrogens with zero attached hydrogens (tertiary/aromatic N) is 3. The number of hydrogen-bond donors (Lipinski definition) is 2. The second kappa shape index (κ2) is 4.46. The zero-order chi connectivity index (χ0) is 12.4. The van der Waals surface area contributed by atoms with Gasteiger partial charge in [-0.1, -0.05) is 0 Å². The molecule has 0 fully saturated rings. The van der Waals surface area contributed by atoms with Crippen molar-refractivity contribution in [2.75, 3.05) is 5.32 Å². The Morgan fingerprint density at radius 2 is 2.18 bits per heavy atom. The Hall–Kier alpha value is -2.02. The number of aromatic nitrogens is 3. The van der Waals surface area contributed by atoms with Crippen molar-refractivity contribution in [3.8, 4) is 0 Å². The maximum absolute atomic E-state index is 10.8. The topological polar surface area (TPSA) is 88.0 Å². The molecule has 0 atom stereocenters. The molecule has 0 aromatic carbocycles. The molecule has 0 saturated carbocycles. The number of hydrogen-bond acceptors (Lipinski definition) is 6. The molecule has 7 heteroatoms. The van der Waals surface area contributed by atoms with E-state index >= 15 is 0 Å². The molecule has 0 spiro atoms. The highest BCUT2D eigenvalue weighted by Crippen LogP contribution is 2.18. The quantitative estimate of drug-likeness (QED) is 0.866. The lowest BCUT2D eigenvalue weighted by Crippen LogP contribution is -2.05. The van der Waals surface area contributed by atoms with Crippen LogP contribution in [0.5, 0.6) is 0 Å². The summed E-state index contributed by atoms with van der Waals surface area (Å²) in [4.78, 5) is 23.0. The summed E-state index contributed by atoms with van der Waals surface area (Å²) < 4.78 is 0. The molecule has 0 radical (unpaired) electrons. The summed E-state index contributed by atoms with van der Waals surface area (Å²) in [6.07, 6.45) is 1.29. The molecular weight excluding hydrogens is 240 g/mol. The fourth-order valence-corrected chi connectivity index (χ4v) is 1.93. The standard InChI is InChI=1S/C10H10N4O2S/c1-5-4-17-10(12-5)14-9-11-3-7(8(15)16)6(2)13-9/h3-4H,1-2H3,(H,15,16)(H,11,12,13,14). The highest BCUT2D eigenvalue weighted by atomic mass is 32.1. The number of carboxylic acids is 1. The first-order chi connectivity index (χ1) is 8.06. The summed E-state index contributed by atoms with van der Waals surface area (Å²) >= 11 is 1.44. The van der Waals surface area contributed by atoms with Crippen molar-refractivity contribution < 1.29 is 9.90 Å². The largest absolute Gasteiger partial charge is 0.478 e. The van der Waals surface area contributed by atoms with Crippen molar-refractivity contribution in [2.24, 2.45) is 0 Å². The third-order valence-electron chi connectivity index (χ3n) is 2.05. The van der Waals surface area contributed by atoms with E-state index in [0.29, 0.717) is 16.8 Å². The van der Waals surface area contributed by atoms with Crippen molar-refractivity contribution in [1.29, 1.82) is 0 Å². The average Bonchev–Trinajstić information content (AvgIpc) is 2.63. The van der Waals surface area contributed by atoms with Gasteiger partial charge in [-0.2, -0.15) is 0 Å². The van der Waals surface area contributed by atoms with Crippen LogP contribution in [0.1, 0.15) is 21.7 Å². The monoisotopic (exact) mass is 250 g/mol. The van der Waals surface area contributed by atoms with Gasteiger partial charge in [0.1, 0.15) is 0 Å². The molecule has 0 aliphatic rings. The molecule has 2 aromatic rings. The lowest BCUT2D eigenvalue weighted by atomic mass is 10.2. The second-order valence-electron chi connectivity index (χ2n) is 3.42. The van der Waals surface area contributed by atoms with Crippen LogP contribution in [-0.2, 0) is 0 Å². The zero-order valence-corrected chi connectivity index (χ0v) is 10.1. The van der Waals surface area contributed by atoms with Crippen molar-refractivity contribution >= 4 is 28.4 Å². The molecule has 2 N–H and O–H groups in total. The zero-order valence-electron chi connectivity index (χ0n) is 9.26. The Bertz CT molecular complexity index is 567. The molecule has 88 valence electrons. The third-order valence-corrected chi connectivity index (χ3v) is 2.92. The van der Waals surface area contributed by atoms with Crippen LogP contribution in [0.4, 0.5) is 11.1 Å². The summed E-state index contributed by atoms with van der Waals surface area (Å²) in [5.41, 5.74) is 1.44. The van der Waals surface area contributed by atoms with Crippen LogP contribution in [-0.4, -0.2) is 26.0 Å². The summed E-state index contributed by atoms with van der Waals surface area (Å²) in [6.45, 7) is 3.52. The first kappa shape index (κ1) is 11.5. The first-order valence-electron chi connectivity index (χ1n) is 4.82. The third kappa shape index (κ3) is 2.56. The molecule has 2 heterocycles. The van der Waals surface area contributed by atoms with Gasteiger partial charge in [0.15, 0.2) is 5.13 Å². The first-order valence-corrected chi connectivity index (χ1v) is 5.70. The Balaban J connectivity index is 2.23. The van der Waals surface area contributed by atoms with Crippen LogP contribution >= 0.6 is 11.3 Å². The van der Waals surface area contributed by atoms with Crippen molar-refractivity contribution in [3.63, 3.8) is 0 Å². The number of anilines is 2. The SMILES string of the molecule is Cc1csc(Nc2ncc(C(=O)O)c(C)n2)n1. The molecule has 6 nitrogen and oxygen atoms in total. The van der Waals surface area contributed by atoms with E-state index in [-0.39, 0.29) is 5.56 Å². The lowest BCUT2D eigenvalue weighted by molar-refractivity contribution is 0.0695. The van der Waals surface area contributed by atoms with Crippen LogP contribution in [0.2, 0.25) is 0 Å². The van der Waals surface area contributed by atoms with Crippen LogP contribution in [0.25, 0.3) is 0 Å². The molecule has 2 aromatic heterocycles. The van der Waals surface area contributed by atoms with Crippen LogP contribution < -0.4 is 5.32 Å². The van der Waals surface area contributed by atoms with Gasteiger partial charge in [-0.15, -0.1) is 11.3 Å². The van der Waals surface area contributed by atoms with E-state index in [9.17, 15) is 4.79 Å². The van der Waals surface area contributed by atoms with Gasteiger partial charge < -0.3 is 10.4 Å². The van der Waals surface area contributed by atoms with E-state index in [2.05, 4.69) is 20.3 Å². The second-order valence-corrected chi connectivity index (χ2v) is 4.27. The molecule has 0 saturated heterocycles. The van der Waals surface area contributed by atoms with Gasteiger partial charge in [0, 0.05) is 11.6 Å². The van der Waals surface area contributed by atoms with E-state index in [4.69, 9.17) is 5.11 Å². The number of carboxylic acid groups (broad SMARTS) is 1. The van der Waals surface area contributed by atoms with Gasteiger partial charge in [0.2, 0.25) is 5.95 Å². The average molecular weight is 250 g/mol. The number of nitrogens with one attached hydrogen (secondary N) is 1. The van der Waals surface area contributed by atoms with Gasteiger partial charge in [-0.25, -0.2) is 19.7 Å². The van der Waals surface area contributed by atoms with Crippen molar-refractivity contribution in [3.05, 3.63) is 28.5 Å². The molecule has 2 rings (SSSR count). The Kier molecular flexibility index (Phi) is 3.01. The van der Waals surface area contributed by atoms with E-state index in [1.165, 1.54) is 17.5 Å². The minimum absolute atomic E-state index is 0.103. The Morgan fingerprint density at radius 3 is 2.71 bits per heavy atom. The van der Waals surface area contributed by atoms with Gasteiger partial charge >= 0.3 is 5.97 Å². The normalized spacial score (nSPS) is 10.2. The maximum Gasteiger partial charge on any atom is 0.339 e. The van der Waals surface area contributed by atoms with Crippen LogP contribution in [0.3, 0.4) is 0 Å². The lowest BCUT2D eigenvalue weighted by Gasteiger charge is -2.03. The molecule has 17 heavy (non-hydrogen) atoms. The number of aromatic carboxylic acids is 1. The number of rotatable bonds is 3.